The van der Waals surface area contributed by atoms with E-state index in [0.717, 1.165) is 37.5 Å². The average molecular weight is 585 g/mol. The molecule has 1 saturated carbocycles. The topological polar surface area (TPSA) is 96.0 Å². The van der Waals surface area contributed by atoms with Gasteiger partial charge < -0.3 is 15.0 Å². The molecule has 1 fully saturated rings. The molecule has 3 rings (SSSR count). The Balaban J connectivity index is 1.74. The van der Waals surface area contributed by atoms with Gasteiger partial charge in [-0.15, -0.1) is 0 Å². The van der Waals surface area contributed by atoms with Crippen LogP contribution in [0.15, 0.2) is 42.5 Å². The lowest BCUT2D eigenvalue weighted by molar-refractivity contribution is -0.141. The Labute approximate surface area is 235 Å². The van der Waals surface area contributed by atoms with E-state index in [4.69, 9.17) is 27.9 Å². The predicted molar refractivity (Wildman–Crippen MR) is 151 cm³/mol. The SMILES string of the molecule is COc1cccc(N(CCCC(=O)N(Cc2ccc(Cl)c(Cl)c2)[C@H](C)C(=O)NC2CCCC2)S(C)(=O)=O)c1. The van der Waals surface area contributed by atoms with Crippen molar-refractivity contribution in [3.8, 4) is 5.75 Å². The van der Waals surface area contributed by atoms with Crippen molar-refractivity contribution in [2.45, 2.75) is 64.1 Å². The smallest absolute Gasteiger partial charge is 0.242 e. The number of rotatable bonds is 12. The first-order chi connectivity index (χ1) is 18.0. The highest BCUT2D eigenvalue weighted by atomic mass is 35.5. The average Bonchev–Trinajstić information content (AvgIpc) is 3.39. The zero-order chi connectivity index (χ0) is 27.9. The van der Waals surface area contributed by atoms with E-state index < -0.39 is 16.1 Å². The first-order valence-corrected chi connectivity index (χ1v) is 15.3. The zero-order valence-electron chi connectivity index (χ0n) is 22.0. The number of benzene rings is 2. The van der Waals surface area contributed by atoms with Crippen molar-refractivity contribution in [2.24, 2.45) is 0 Å². The number of halogens is 2. The molecule has 1 aliphatic rings. The largest absolute Gasteiger partial charge is 0.497 e. The molecule has 0 aliphatic heterocycles. The summed E-state index contributed by atoms with van der Waals surface area (Å²) in [7, 11) is -2.09. The number of carbonyl (C=O) groups is 2. The first kappa shape index (κ1) is 30.1. The Kier molecular flexibility index (Phi) is 10.7. The third kappa shape index (κ3) is 8.25. The molecule has 1 N–H and O–H groups in total. The molecule has 0 bridgehead atoms. The van der Waals surface area contributed by atoms with Gasteiger partial charge in [0.15, 0.2) is 0 Å². The molecule has 0 spiro atoms. The number of amides is 2. The maximum atomic E-state index is 13.4. The van der Waals surface area contributed by atoms with E-state index in [1.807, 2.05) is 0 Å². The van der Waals surface area contributed by atoms with E-state index in [1.54, 1.807) is 49.4 Å². The molecule has 0 radical (unpaired) electrons. The summed E-state index contributed by atoms with van der Waals surface area (Å²) in [5.74, 6) is 0.0609. The lowest BCUT2D eigenvalue weighted by Gasteiger charge is -2.30. The highest BCUT2D eigenvalue weighted by molar-refractivity contribution is 7.92. The summed E-state index contributed by atoms with van der Waals surface area (Å²) >= 11 is 12.2. The van der Waals surface area contributed by atoms with E-state index in [0.29, 0.717) is 21.5 Å². The van der Waals surface area contributed by atoms with E-state index in [9.17, 15) is 18.0 Å². The van der Waals surface area contributed by atoms with Crippen LogP contribution in [0.3, 0.4) is 0 Å². The van der Waals surface area contributed by atoms with E-state index in [1.165, 1.54) is 16.3 Å². The van der Waals surface area contributed by atoms with Crippen molar-refractivity contribution in [3.63, 3.8) is 0 Å². The van der Waals surface area contributed by atoms with Crippen molar-refractivity contribution >= 4 is 50.7 Å². The van der Waals surface area contributed by atoms with Crippen molar-refractivity contribution < 1.29 is 22.7 Å². The van der Waals surface area contributed by atoms with Crippen molar-refractivity contribution in [1.82, 2.24) is 10.2 Å². The number of nitrogens with one attached hydrogen (secondary N) is 1. The summed E-state index contributed by atoms with van der Waals surface area (Å²) in [5.41, 5.74) is 1.19. The van der Waals surface area contributed by atoms with Crippen LogP contribution in [0, 0.1) is 0 Å². The number of sulfonamides is 1. The summed E-state index contributed by atoms with van der Waals surface area (Å²) in [5, 5.41) is 3.83. The van der Waals surface area contributed by atoms with E-state index in [-0.39, 0.29) is 43.8 Å². The normalized spacial score (nSPS) is 14.7. The predicted octanol–water partition coefficient (Wildman–Crippen LogP) is 5.02. The lowest BCUT2D eigenvalue weighted by atomic mass is 10.1. The van der Waals surface area contributed by atoms with Gasteiger partial charge in [-0.05, 0) is 56.0 Å². The van der Waals surface area contributed by atoms with Crippen LogP contribution < -0.4 is 14.4 Å². The molecule has 38 heavy (non-hydrogen) atoms. The van der Waals surface area contributed by atoms with Crippen molar-refractivity contribution in [2.75, 3.05) is 24.2 Å². The molecule has 1 aliphatic carbocycles. The van der Waals surface area contributed by atoms with Gasteiger partial charge in [0.05, 0.1) is 29.1 Å². The van der Waals surface area contributed by atoms with Gasteiger partial charge in [-0.1, -0.05) is 48.2 Å². The van der Waals surface area contributed by atoms with Crippen LogP contribution in [0.5, 0.6) is 5.75 Å². The number of carbonyl (C=O) groups excluding carboxylic acids is 2. The highest BCUT2D eigenvalue weighted by Crippen LogP contribution is 2.26. The van der Waals surface area contributed by atoms with Gasteiger partial charge in [0, 0.05) is 31.6 Å². The quantitative estimate of drug-likeness (QED) is 0.378. The molecule has 0 aromatic heterocycles. The molecule has 2 amide bonds. The summed E-state index contributed by atoms with van der Waals surface area (Å²) < 4.78 is 31.5. The number of anilines is 1. The second kappa shape index (κ2) is 13.5. The number of nitrogens with zero attached hydrogens (tertiary/aromatic N) is 2. The molecule has 2 aromatic rings. The number of ether oxygens (including phenoxy) is 1. The number of hydrogen-bond donors (Lipinski definition) is 1. The maximum Gasteiger partial charge on any atom is 0.242 e. The molecule has 0 heterocycles. The molecular weight excluding hydrogens is 549 g/mol. The Hall–Kier alpha value is -2.49. The van der Waals surface area contributed by atoms with Crippen LogP contribution in [0.25, 0.3) is 0 Å². The fourth-order valence-corrected chi connectivity index (χ4v) is 5.86. The Morgan fingerprint density at radius 3 is 2.45 bits per heavy atom. The Morgan fingerprint density at radius 2 is 1.82 bits per heavy atom. The monoisotopic (exact) mass is 583 g/mol. The molecule has 0 unspecified atom stereocenters. The van der Waals surface area contributed by atoms with Gasteiger partial charge in [0.2, 0.25) is 21.8 Å². The van der Waals surface area contributed by atoms with Crippen LogP contribution in [0.1, 0.15) is 51.0 Å². The fourth-order valence-electron chi connectivity index (χ4n) is 4.58. The summed E-state index contributed by atoms with van der Waals surface area (Å²) in [6, 6.07) is 11.3. The molecule has 1 atom stereocenters. The lowest BCUT2D eigenvalue weighted by Crippen LogP contribution is -2.49. The molecule has 0 saturated heterocycles. The van der Waals surface area contributed by atoms with Gasteiger partial charge in [-0.25, -0.2) is 8.42 Å². The standard InChI is InChI=1S/C27H35Cl2N3O5S/c1-19(27(34)30-21-8-4-5-9-21)31(18-20-13-14-24(28)25(29)16-20)26(33)12-7-15-32(38(3,35)36)22-10-6-11-23(17-22)37-2/h6,10-11,13-14,16-17,19,21H,4-5,7-9,12,15,18H2,1-3H3,(H,30,34)/t19-/m1/s1. The minimum Gasteiger partial charge on any atom is -0.497 e. The van der Waals surface area contributed by atoms with Gasteiger partial charge >= 0.3 is 0 Å². The van der Waals surface area contributed by atoms with Gasteiger partial charge in [-0.3, -0.25) is 13.9 Å². The zero-order valence-corrected chi connectivity index (χ0v) is 24.3. The molecule has 8 nitrogen and oxygen atoms in total. The summed E-state index contributed by atoms with van der Waals surface area (Å²) in [4.78, 5) is 28.0. The first-order valence-electron chi connectivity index (χ1n) is 12.6. The van der Waals surface area contributed by atoms with Gasteiger partial charge in [0.25, 0.3) is 0 Å². The van der Waals surface area contributed by atoms with E-state index >= 15 is 0 Å². The van der Waals surface area contributed by atoms with Gasteiger partial charge in [0.1, 0.15) is 11.8 Å². The molecule has 208 valence electrons. The number of hydrogen-bond acceptors (Lipinski definition) is 5. The minimum absolute atomic E-state index is 0.0539. The van der Waals surface area contributed by atoms with Gasteiger partial charge in [-0.2, -0.15) is 0 Å². The minimum atomic E-state index is -3.60. The Morgan fingerprint density at radius 1 is 1.11 bits per heavy atom. The molecular formula is C27H35Cl2N3O5S. The summed E-state index contributed by atoms with van der Waals surface area (Å²) in [6.07, 6.45) is 5.47. The Bertz CT molecular complexity index is 1230. The third-order valence-electron chi connectivity index (χ3n) is 6.70. The van der Waals surface area contributed by atoms with Crippen molar-refractivity contribution in [3.05, 3.63) is 58.1 Å². The van der Waals surface area contributed by atoms with Crippen LogP contribution in [-0.4, -0.2) is 57.1 Å². The van der Waals surface area contributed by atoms with Crippen LogP contribution in [-0.2, 0) is 26.2 Å². The molecule has 2 aromatic carbocycles. The number of methoxy groups -OCH3 is 1. The summed E-state index contributed by atoms with van der Waals surface area (Å²) in [6.45, 7) is 1.97. The van der Waals surface area contributed by atoms with Crippen LogP contribution >= 0.6 is 23.2 Å². The highest BCUT2D eigenvalue weighted by Gasteiger charge is 2.29. The fraction of sp³-hybridized carbons (Fsp3) is 0.481. The van der Waals surface area contributed by atoms with Crippen molar-refractivity contribution in [1.29, 1.82) is 0 Å². The molecule has 11 heteroatoms. The second-order valence-electron chi connectivity index (χ2n) is 9.58. The second-order valence-corrected chi connectivity index (χ2v) is 12.3. The van der Waals surface area contributed by atoms with Crippen LogP contribution in [0.4, 0.5) is 5.69 Å². The van der Waals surface area contributed by atoms with Crippen LogP contribution in [0.2, 0.25) is 10.0 Å². The van der Waals surface area contributed by atoms with E-state index in [2.05, 4.69) is 5.32 Å². The third-order valence-corrected chi connectivity index (χ3v) is 8.63. The maximum absolute atomic E-state index is 13.4.